The average molecular weight is 269 g/mol. The van der Waals surface area contributed by atoms with E-state index < -0.39 is 18.2 Å². The van der Waals surface area contributed by atoms with Crippen molar-refractivity contribution in [2.24, 2.45) is 5.92 Å². The molecule has 1 amide bonds. The number of nitrogens with one attached hydrogen (secondary N) is 1. The molecule has 0 aromatic carbocycles. The smallest absolute Gasteiger partial charge is 0.332 e. The molecule has 5 nitrogen and oxygen atoms in total. The molecule has 1 saturated carbocycles. The van der Waals surface area contributed by atoms with Gasteiger partial charge < -0.3 is 15.2 Å². The molecule has 0 spiro atoms. The van der Waals surface area contributed by atoms with Gasteiger partial charge in [-0.05, 0) is 31.6 Å². The minimum absolute atomic E-state index is 0.130. The number of hydrogen-bond acceptors (Lipinski definition) is 3. The molecule has 0 aromatic heterocycles. The summed E-state index contributed by atoms with van der Waals surface area (Å²) in [5, 5.41) is 11.9. The van der Waals surface area contributed by atoms with Gasteiger partial charge in [0.05, 0.1) is 0 Å². The fraction of sp³-hybridized carbons (Fsp3) is 0.857. The normalized spacial score (nSPS) is 35.0. The molecule has 4 atom stereocenters. The summed E-state index contributed by atoms with van der Waals surface area (Å²) >= 11 is 0. The Balaban J connectivity index is 1.85. The molecule has 1 aliphatic carbocycles. The fourth-order valence-corrected chi connectivity index (χ4v) is 3.17. The molecule has 0 aromatic rings. The summed E-state index contributed by atoms with van der Waals surface area (Å²) < 4.78 is 5.28. The Hall–Kier alpha value is -1.10. The summed E-state index contributed by atoms with van der Waals surface area (Å²) in [6.45, 7) is 2.15. The van der Waals surface area contributed by atoms with Gasteiger partial charge >= 0.3 is 5.97 Å². The highest BCUT2D eigenvalue weighted by molar-refractivity contribution is 5.82. The lowest BCUT2D eigenvalue weighted by Gasteiger charge is -2.32. The van der Waals surface area contributed by atoms with Crippen LogP contribution >= 0.6 is 0 Å². The summed E-state index contributed by atoms with van der Waals surface area (Å²) in [6, 6.07) is 0.235. The van der Waals surface area contributed by atoms with Crippen molar-refractivity contribution in [2.75, 3.05) is 0 Å². The van der Waals surface area contributed by atoms with E-state index >= 15 is 0 Å². The number of aliphatic carboxylic acids is 1. The van der Waals surface area contributed by atoms with Crippen LogP contribution in [0.4, 0.5) is 0 Å². The van der Waals surface area contributed by atoms with Crippen LogP contribution in [0.25, 0.3) is 0 Å². The fourth-order valence-electron chi connectivity index (χ4n) is 3.17. The van der Waals surface area contributed by atoms with Crippen LogP contribution in [0.3, 0.4) is 0 Å². The van der Waals surface area contributed by atoms with Crippen LogP contribution in [-0.2, 0) is 14.3 Å². The second-order valence-corrected chi connectivity index (χ2v) is 5.60. The first-order valence-electron chi connectivity index (χ1n) is 7.30. The maximum absolute atomic E-state index is 12.1. The maximum atomic E-state index is 12.1. The largest absolute Gasteiger partial charge is 0.479 e. The third-order valence-electron chi connectivity index (χ3n) is 4.35. The summed E-state index contributed by atoms with van der Waals surface area (Å²) in [7, 11) is 0. The van der Waals surface area contributed by atoms with Gasteiger partial charge in [-0.15, -0.1) is 0 Å². The van der Waals surface area contributed by atoms with Crippen molar-refractivity contribution in [3.63, 3.8) is 0 Å². The standard InChI is InChI=1S/C14H23NO4/c1-2-9-5-3-4-6-10(9)15-13(16)11-7-8-12(19-11)14(17)18/h9-12H,2-8H2,1H3,(H,15,16)(H,17,18). The van der Waals surface area contributed by atoms with Crippen molar-refractivity contribution in [2.45, 2.75) is 70.1 Å². The SMILES string of the molecule is CCC1CCCCC1NC(=O)C1CCC(C(=O)O)O1. The Labute approximate surface area is 113 Å². The highest BCUT2D eigenvalue weighted by Gasteiger charge is 2.36. The van der Waals surface area contributed by atoms with Gasteiger partial charge in [-0.2, -0.15) is 0 Å². The molecule has 19 heavy (non-hydrogen) atoms. The molecule has 108 valence electrons. The molecule has 2 aliphatic rings. The van der Waals surface area contributed by atoms with Gasteiger partial charge in [-0.1, -0.05) is 26.2 Å². The number of carbonyl (C=O) groups is 2. The summed E-state index contributed by atoms with van der Waals surface area (Å²) in [5.41, 5.74) is 0. The first-order chi connectivity index (χ1) is 9.11. The van der Waals surface area contributed by atoms with Crippen molar-refractivity contribution >= 4 is 11.9 Å². The highest BCUT2D eigenvalue weighted by atomic mass is 16.5. The number of amides is 1. The molecular weight excluding hydrogens is 246 g/mol. The van der Waals surface area contributed by atoms with E-state index in [1.165, 1.54) is 12.8 Å². The Bertz CT molecular complexity index is 344. The number of carbonyl (C=O) groups excluding carboxylic acids is 1. The van der Waals surface area contributed by atoms with Crippen LogP contribution in [0.2, 0.25) is 0 Å². The third kappa shape index (κ3) is 3.47. The summed E-state index contributed by atoms with van der Waals surface area (Å²) in [4.78, 5) is 22.9. The first kappa shape index (κ1) is 14.3. The Kier molecular flexibility index (Phi) is 4.80. The van der Waals surface area contributed by atoms with E-state index in [1.807, 2.05) is 0 Å². The number of ether oxygens (including phenoxy) is 1. The maximum Gasteiger partial charge on any atom is 0.332 e. The molecule has 0 radical (unpaired) electrons. The minimum atomic E-state index is -0.973. The average Bonchev–Trinajstić information content (AvgIpc) is 2.89. The zero-order valence-corrected chi connectivity index (χ0v) is 11.4. The predicted molar refractivity (Wildman–Crippen MR) is 69.7 cm³/mol. The Morgan fingerprint density at radius 1 is 1.16 bits per heavy atom. The van der Waals surface area contributed by atoms with E-state index in [9.17, 15) is 9.59 Å². The lowest BCUT2D eigenvalue weighted by Crippen LogP contribution is -2.46. The van der Waals surface area contributed by atoms with E-state index in [0.717, 1.165) is 19.3 Å². The van der Waals surface area contributed by atoms with E-state index in [0.29, 0.717) is 18.8 Å². The van der Waals surface area contributed by atoms with E-state index in [2.05, 4.69) is 12.2 Å². The molecule has 2 N–H and O–H groups in total. The molecule has 2 fully saturated rings. The Morgan fingerprint density at radius 3 is 2.47 bits per heavy atom. The molecule has 5 heteroatoms. The van der Waals surface area contributed by atoms with Crippen molar-refractivity contribution < 1.29 is 19.4 Å². The van der Waals surface area contributed by atoms with Crippen molar-refractivity contribution in [1.82, 2.24) is 5.32 Å². The molecule has 2 rings (SSSR count). The first-order valence-corrected chi connectivity index (χ1v) is 7.30. The van der Waals surface area contributed by atoms with E-state index in [4.69, 9.17) is 9.84 Å². The number of carboxylic acids is 1. The van der Waals surface area contributed by atoms with Gasteiger partial charge in [-0.25, -0.2) is 4.79 Å². The zero-order valence-electron chi connectivity index (χ0n) is 11.4. The van der Waals surface area contributed by atoms with Gasteiger partial charge in [0.25, 0.3) is 0 Å². The van der Waals surface area contributed by atoms with Crippen LogP contribution in [0, 0.1) is 5.92 Å². The van der Waals surface area contributed by atoms with Crippen LogP contribution in [0.1, 0.15) is 51.9 Å². The molecule has 4 unspecified atom stereocenters. The van der Waals surface area contributed by atoms with Crippen molar-refractivity contribution in [3.8, 4) is 0 Å². The zero-order chi connectivity index (χ0) is 13.8. The molecule has 1 saturated heterocycles. The van der Waals surface area contributed by atoms with Crippen LogP contribution < -0.4 is 5.32 Å². The summed E-state index contributed by atoms with van der Waals surface area (Å²) in [6.07, 6.45) is 5.21. The molecule has 1 heterocycles. The minimum Gasteiger partial charge on any atom is -0.479 e. The van der Waals surface area contributed by atoms with Crippen molar-refractivity contribution in [3.05, 3.63) is 0 Å². The van der Waals surface area contributed by atoms with Crippen LogP contribution in [0.15, 0.2) is 0 Å². The van der Waals surface area contributed by atoms with Crippen molar-refractivity contribution in [1.29, 1.82) is 0 Å². The highest BCUT2D eigenvalue weighted by Crippen LogP contribution is 2.27. The lowest BCUT2D eigenvalue weighted by molar-refractivity contribution is -0.152. The number of hydrogen-bond donors (Lipinski definition) is 2. The monoisotopic (exact) mass is 269 g/mol. The van der Waals surface area contributed by atoms with Gasteiger partial charge in [0.1, 0.15) is 6.10 Å². The van der Waals surface area contributed by atoms with Gasteiger partial charge in [0.15, 0.2) is 6.10 Å². The molecular formula is C14H23NO4. The number of carboxylic acid groups (broad SMARTS) is 1. The molecule has 0 bridgehead atoms. The van der Waals surface area contributed by atoms with Crippen LogP contribution in [-0.4, -0.2) is 35.2 Å². The van der Waals surface area contributed by atoms with Gasteiger partial charge in [0, 0.05) is 6.04 Å². The third-order valence-corrected chi connectivity index (χ3v) is 4.35. The van der Waals surface area contributed by atoms with Crippen LogP contribution in [0.5, 0.6) is 0 Å². The van der Waals surface area contributed by atoms with Gasteiger partial charge in [0.2, 0.25) is 5.91 Å². The Morgan fingerprint density at radius 2 is 1.84 bits per heavy atom. The lowest BCUT2D eigenvalue weighted by atomic mass is 9.83. The second-order valence-electron chi connectivity index (χ2n) is 5.60. The quantitative estimate of drug-likeness (QED) is 0.814. The van der Waals surface area contributed by atoms with E-state index in [1.54, 1.807) is 0 Å². The molecule has 1 aliphatic heterocycles. The van der Waals surface area contributed by atoms with E-state index in [-0.39, 0.29) is 11.9 Å². The summed E-state index contributed by atoms with van der Waals surface area (Å²) in [5.74, 6) is -0.553. The topological polar surface area (TPSA) is 75.6 Å². The number of rotatable bonds is 4. The second kappa shape index (κ2) is 6.37. The predicted octanol–water partition coefficient (Wildman–Crippen LogP) is 1.70. The van der Waals surface area contributed by atoms with Gasteiger partial charge in [-0.3, -0.25) is 4.79 Å².